The normalized spacial score (nSPS) is 10.4. The molecular formula is C13H12FNO3. The molecule has 94 valence electrons. The smallest absolute Gasteiger partial charge is 0.343 e. The molecule has 1 heterocycles. The third-order valence-corrected chi connectivity index (χ3v) is 2.70. The first-order valence-corrected chi connectivity index (χ1v) is 5.35. The lowest BCUT2D eigenvalue weighted by atomic mass is 10.0. The van der Waals surface area contributed by atoms with Crippen molar-refractivity contribution in [3.05, 3.63) is 40.9 Å². The summed E-state index contributed by atoms with van der Waals surface area (Å²) in [7, 11) is 1.27. The van der Waals surface area contributed by atoms with E-state index in [1.54, 1.807) is 26.0 Å². The second-order valence-corrected chi connectivity index (χ2v) is 3.92. The van der Waals surface area contributed by atoms with E-state index in [2.05, 4.69) is 9.89 Å². The van der Waals surface area contributed by atoms with E-state index >= 15 is 0 Å². The van der Waals surface area contributed by atoms with Gasteiger partial charge in [-0.05, 0) is 25.5 Å². The summed E-state index contributed by atoms with van der Waals surface area (Å²) in [6, 6.07) is 4.62. The van der Waals surface area contributed by atoms with E-state index in [-0.39, 0.29) is 11.4 Å². The molecule has 0 spiro atoms. The number of hydrogen-bond donors (Lipinski definition) is 0. The minimum absolute atomic E-state index is 0.223. The molecule has 0 N–H and O–H groups in total. The zero-order chi connectivity index (χ0) is 13.3. The largest absolute Gasteiger partial charge is 0.465 e. The average molecular weight is 249 g/mol. The number of halogens is 1. The SMILES string of the molecule is COC(=O)c1c(-c2ccc(C)c(F)c2)noc1C. The number of carbonyl (C=O) groups excluding carboxylic acids is 1. The van der Waals surface area contributed by atoms with Gasteiger partial charge in [-0.3, -0.25) is 0 Å². The van der Waals surface area contributed by atoms with Crippen molar-refractivity contribution in [1.29, 1.82) is 0 Å². The number of hydrogen-bond acceptors (Lipinski definition) is 4. The fraction of sp³-hybridized carbons (Fsp3) is 0.231. The van der Waals surface area contributed by atoms with E-state index in [1.165, 1.54) is 13.2 Å². The Bertz CT molecular complexity index is 604. The molecule has 4 nitrogen and oxygen atoms in total. The molecule has 2 aromatic rings. The maximum Gasteiger partial charge on any atom is 0.343 e. The molecule has 0 bridgehead atoms. The van der Waals surface area contributed by atoms with Crippen molar-refractivity contribution in [1.82, 2.24) is 5.16 Å². The lowest BCUT2D eigenvalue weighted by Gasteiger charge is -2.02. The van der Waals surface area contributed by atoms with E-state index < -0.39 is 5.97 Å². The lowest BCUT2D eigenvalue weighted by Crippen LogP contribution is -2.03. The van der Waals surface area contributed by atoms with Crippen LogP contribution in [0.4, 0.5) is 4.39 Å². The number of aromatic nitrogens is 1. The van der Waals surface area contributed by atoms with Crippen LogP contribution in [-0.2, 0) is 4.74 Å². The van der Waals surface area contributed by atoms with Crippen LogP contribution in [0.2, 0.25) is 0 Å². The van der Waals surface area contributed by atoms with E-state index in [1.807, 2.05) is 0 Å². The molecule has 1 aromatic heterocycles. The van der Waals surface area contributed by atoms with Crippen LogP contribution in [0.25, 0.3) is 11.3 Å². The van der Waals surface area contributed by atoms with Crippen molar-refractivity contribution in [3.8, 4) is 11.3 Å². The average Bonchev–Trinajstić information content (AvgIpc) is 2.74. The van der Waals surface area contributed by atoms with E-state index in [0.29, 0.717) is 22.6 Å². The first-order valence-electron chi connectivity index (χ1n) is 5.35. The number of nitrogens with zero attached hydrogens (tertiary/aromatic N) is 1. The van der Waals surface area contributed by atoms with Crippen LogP contribution in [0.1, 0.15) is 21.7 Å². The minimum atomic E-state index is -0.551. The fourth-order valence-corrected chi connectivity index (χ4v) is 1.65. The Morgan fingerprint density at radius 2 is 2.11 bits per heavy atom. The van der Waals surface area contributed by atoms with Gasteiger partial charge in [-0.2, -0.15) is 0 Å². The first-order chi connectivity index (χ1) is 8.54. The number of carbonyl (C=O) groups is 1. The summed E-state index contributed by atoms with van der Waals surface area (Å²) in [6.07, 6.45) is 0. The van der Waals surface area contributed by atoms with E-state index in [9.17, 15) is 9.18 Å². The van der Waals surface area contributed by atoms with Crippen LogP contribution < -0.4 is 0 Å². The number of methoxy groups -OCH3 is 1. The summed E-state index contributed by atoms with van der Waals surface area (Å²) in [4.78, 5) is 11.6. The number of rotatable bonds is 2. The Hall–Kier alpha value is -2.17. The van der Waals surface area contributed by atoms with Gasteiger partial charge in [-0.15, -0.1) is 0 Å². The van der Waals surface area contributed by atoms with Gasteiger partial charge in [0.05, 0.1) is 7.11 Å². The zero-order valence-electron chi connectivity index (χ0n) is 10.3. The Kier molecular flexibility index (Phi) is 3.14. The summed E-state index contributed by atoms with van der Waals surface area (Å²) in [5.74, 6) is -0.563. The summed E-state index contributed by atoms with van der Waals surface area (Å²) in [5.41, 5.74) is 1.52. The predicted octanol–water partition coefficient (Wildman–Crippen LogP) is 2.88. The first kappa shape index (κ1) is 12.3. The molecule has 0 aliphatic carbocycles. The molecular weight excluding hydrogens is 237 g/mol. The lowest BCUT2D eigenvalue weighted by molar-refractivity contribution is 0.0599. The standard InChI is InChI=1S/C13H12FNO3/c1-7-4-5-9(6-10(7)14)12-11(13(16)17-3)8(2)18-15-12/h4-6H,1-3H3. The number of esters is 1. The van der Waals surface area contributed by atoms with Crippen LogP contribution >= 0.6 is 0 Å². The summed E-state index contributed by atoms with van der Waals surface area (Å²) < 4.78 is 23.1. The second kappa shape index (κ2) is 4.60. The van der Waals surface area contributed by atoms with Gasteiger partial charge in [0.2, 0.25) is 0 Å². The molecule has 0 saturated carbocycles. The van der Waals surface area contributed by atoms with Crippen LogP contribution in [-0.4, -0.2) is 18.2 Å². The Labute approximate surface area is 103 Å². The Balaban J connectivity index is 2.57. The van der Waals surface area contributed by atoms with Gasteiger partial charge in [-0.25, -0.2) is 9.18 Å². The predicted molar refractivity (Wildman–Crippen MR) is 62.7 cm³/mol. The van der Waals surface area contributed by atoms with E-state index in [0.717, 1.165) is 0 Å². The molecule has 0 saturated heterocycles. The van der Waals surface area contributed by atoms with Gasteiger partial charge in [0.1, 0.15) is 22.8 Å². The van der Waals surface area contributed by atoms with Crippen molar-refractivity contribution in [2.75, 3.05) is 7.11 Å². The third kappa shape index (κ3) is 1.99. The number of aryl methyl sites for hydroxylation is 2. The zero-order valence-corrected chi connectivity index (χ0v) is 10.3. The minimum Gasteiger partial charge on any atom is -0.465 e. The van der Waals surface area contributed by atoms with Gasteiger partial charge in [0.15, 0.2) is 0 Å². The van der Waals surface area contributed by atoms with Gasteiger partial charge in [0, 0.05) is 5.56 Å². The molecule has 0 amide bonds. The highest BCUT2D eigenvalue weighted by atomic mass is 19.1. The highest BCUT2D eigenvalue weighted by molar-refractivity contribution is 5.96. The third-order valence-electron chi connectivity index (χ3n) is 2.70. The number of ether oxygens (including phenoxy) is 1. The van der Waals surface area contributed by atoms with Crippen LogP contribution in [0.5, 0.6) is 0 Å². The summed E-state index contributed by atoms with van der Waals surface area (Å²) in [6.45, 7) is 3.27. The van der Waals surface area contributed by atoms with Gasteiger partial charge in [-0.1, -0.05) is 17.3 Å². The molecule has 0 aliphatic heterocycles. The molecule has 1 aromatic carbocycles. The highest BCUT2D eigenvalue weighted by Gasteiger charge is 2.22. The van der Waals surface area contributed by atoms with E-state index in [4.69, 9.17) is 4.52 Å². The van der Waals surface area contributed by atoms with Crippen LogP contribution in [0.15, 0.2) is 22.7 Å². The van der Waals surface area contributed by atoms with Gasteiger partial charge >= 0.3 is 5.97 Å². The molecule has 0 aliphatic rings. The maximum absolute atomic E-state index is 13.5. The fourth-order valence-electron chi connectivity index (χ4n) is 1.65. The number of benzene rings is 1. The highest BCUT2D eigenvalue weighted by Crippen LogP contribution is 2.27. The second-order valence-electron chi connectivity index (χ2n) is 3.92. The molecule has 0 atom stereocenters. The molecule has 0 fully saturated rings. The van der Waals surface area contributed by atoms with Crippen molar-refractivity contribution in [2.24, 2.45) is 0 Å². The van der Waals surface area contributed by atoms with Crippen LogP contribution in [0, 0.1) is 19.7 Å². The van der Waals surface area contributed by atoms with Crippen molar-refractivity contribution >= 4 is 5.97 Å². The van der Waals surface area contributed by atoms with Gasteiger partial charge < -0.3 is 9.26 Å². The summed E-state index contributed by atoms with van der Waals surface area (Å²) >= 11 is 0. The molecule has 18 heavy (non-hydrogen) atoms. The van der Waals surface area contributed by atoms with Crippen molar-refractivity contribution < 1.29 is 18.4 Å². The Morgan fingerprint density at radius 1 is 1.39 bits per heavy atom. The molecule has 0 radical (unpaired) electrons. The quantitative estimate of drug-likeness (QED) is 0.768. The molecule has 2 rings (SSSR count). The monoisotopic (exact) mass is 249 g/mol. The summed E-state index contributed by atoms with van der Waals surface area (Å²) in [5, 5.41) is 3.78. The van der Waals surface area contributed by atoms with Gasteiger partial charge in [0.25, 0.3) is 0 Å². The molecule has 5 heteroatoms. The molecule has 0 unspecified atom stereocenters. The van der Waals surface area contributed by atoms with Crippen molar-refractivity contribution in [3.63, 3.8) is 0 Å². The Morgan fingerprint density at radius 3 is 2.72 bits per heavy atom. The van der Waals surface area contributed by atoms with Crippen molar-refractivity contribution in [2.45, 2.75) is 13.8 Å². The topological polar surface area (TPSA) is 52.3 Å². The maximum atomic E-state index is 13.5. The van der Waals surface area contributed by atoms with Crippen LogP contribution in [0.3, 0.4) is 0 Å².